The lowest BCUT2D eigenvalue weighted by Crippen LogP contribution is -2.65. The van der Waals surface area contributed by atoms with Gasteiger partial charge in [0.1, 0.15) is 0 Å². The molecule has 1 aromatic heterocycles. The van der Waals surface area contributed by atoms with Crippen LogP contribution in [0.4, 0.5) is 0 Å². The molecule has 6 aromatic rings. The van der Waals surface area contributed by atoms with Crippen molar-refractivity contribution in [3.63, 3.8) is 0 Å². The molecule has 0 fully saturated rings. The highest BCUT2D eigenvalue weighted by Gasteiger charge is 2.36. The molecule has 1 heterocycles. The molecule has 2 heteroatoms. The van der Waals surface area contributed by atoms with Crippen molar-refractivity contribution in [2.24, 2.45) is 0 Å². The first kappa shape index (κ1) is 20.5. The molecule has 1 nitrogen and oxygen atoms in total. The Morgan fingerprint density at radius 3 is 1.35 bits per heavy atom. The van der Waals surface area contributed by atoms with Crippen LogP contribution in [0.25, 0.3) is 27.5 Å². The van der Waals surface area contributed by atoms with Gasteiger partial charge in [-0.1, -0.05) is 115 Å². The number of fused-ring (bicyclic) bond motifs is 3. The van der Waals surface area contributed by atoms with Crippen LogP contribution >= 0.6 is 0 Å². The Kier molecular flexibility index (Phi) is 5.01. The van der Waals surface area contributed by atoms with Crippen molar-refractivity contribution in [1.82, 2.24) is 4.57 Å². The molecule has 0 saturated carbocycles. The fourth-order valence-electron chi connectivity index (χ4n) is 5.33. The second-order valence-electron chi connectivity index (χ2n) is 8.66. The summed E-state index contributed by atoms with van der Waals surface area (Å²) in [5.74, 6) is 0. The van der Waals surface area contributed by atoms with Gasteiger partial charge in [-0.15, -0.1) is 6.58 Å². The van der Waals surface area contributed by atoms with Gasteiger partial charge in [0.25, 0.3) is 0 Å². The second kappa shape index (κ2) is 8.33. The molecule has 0 atom stereocenters. The summed E-state index contributed by atoms with van der Waals surface area (Å²) in [5, 5.41) is 6.60. The predicted molar refractivity (Wildman–Crippen MR) is 149 cm³/mol. The maximum atomic E-state index is 4.37. The molecule has 0 aliphatic rings. The van der Waals surface area contributed by atoms with Crippen molar-refractivity contribution >= 4 is 45.4 Å². The van der Waals surface area contributed by atoms with E-state index >= 15 is 0 Å². The topological polar surface area (TPSA) is 4.93 Å². The average Bonchev–Trinajstić information content (AvgIpc) is 3.26. The van der Waals surface area contributed by atoms with E-state index in [1.165, 1.54) is 43.1 Å². The average molecular weight is 452 g/mol. The molecule has 0 saturated heterocycles. The van der Waals surface area contributed by atoms with E-state index in [1.54, 1.807) is 0 Å². The first-order valence-electron chi connectivity index (χ1n) is 11.7. The first-order chi connectivity index (χ1) is 16.8. The fraction of sp³-hybridized carbons (Fsp3) is 0. The molecule has 0 radical (unpaired) electrons. The smallest absolute Gasteiger partial charge is 0.171 e. The van der Waals surface area contributed by atoms with Crippen LogP contribution in [-0.2, 0) is 0 Å². The quantitative estimate of drug-likeness (QED) is 0.224. The molecule has 0 N–H and O–H groups in total. The van der Waals surface area contributed by atoms with Crippen molar-refractivity contribution in [3.05, 3.63) is 146 Å². The molecule has 0 aliphatic carbocycles. The summed E-state index contributed by atoms with van der Waals surface area (Å²) >= 11 is 0. The molecule has 0 bridgehead atoms. The van der Waals surface area contributed by atoms with Gasteiger partial charge in [0, 0.05) is 16.5 Å². The van der Waals surface area contributed by atoms with Crippen molar-refractivity contribution in [2.45, 2.75) is 0 Å². The van der Waals surface area contributed by atoms with Gasteiger partial charge < -0.3 is 4.57 Å². The zero-order chi connectivity index (χ0) is 23.0. The number of hydrogen-bond acceptors (Lipinski definition) is 0. The van der Waals surface area contributed by atoms with Gasteiger partial charge in [-0.3, -0.25) is 0 Å². The fourth-order valence-corrected chi connectivity index (χ4v) is 9.17. The van der Waals surface area contributed by atoms with Crippen LogP contribution in [0.1, 0.15) is 0 Å². The van der Waals surface area contributed by atoms with Crippen LogP contribution in [0.5, 0.6) is 0 Å². The van der Waals surface area contributed by atoms with Crippen molar-refractivity contribution in [2.75, 3.05) is 0 Å². The normalized spacial score (nSPS) is 11.6. The van der Waals surface area contributed by atoms with E-state index in [4.69, 9.17) is 0 Å². The van der Waals surface area contributed by atoms with Crippen LogP contribution in [0.15, 0.2) is 146 Å². The summed E-state index contributed by atoms with van der Waals surface area (Å²) in [7, 11) is -2.36. The minimum atomic E-state index is -2.36. The van der Waals surface area contributed by atoms with Crippen molar-refractivity contribution < 1.29 is 0 Å². The molecule has 6 rings (SSSR count). The lowest BCUT2D eigenvalue weighted by Gasteiger charge is -2.30. The minimum Gasteiger partial charge on any atom is -0.309 e. The summed E-state index contributed by atoms with van der Waals surface area (Å²) in [5.41, 5.74) is 5.85. The predicted octanol–water partition coefficient (Wildman–Crippen LogP) is 5.98. The first-order valence-corrected chi connectivity index (χ1v) is 13.7. The highest BCUT2D eigenvalue weighted by atomic mass is 28.3. The summed E-state index contributed by atoms with van der Waals surface area (Å²) in [4.78, 5) is 0. The number of rotatable bonds is 5. The van der Waals surface area contributed by atoms with Crippen LogP contribution in [0, 0.1) is 0 Å². The molecular formula is C32H25NSi. The van der Waals surface area contributed by atoms with E-state index in [1.807, 2.05) is 0 Å². The van der Waals surface area contributed by atoms with E-state index < -0.39 is 8.07 Å². The van der Waals surface area contributed by atoms with E-state index in [2.05, 4.69) is 150 Å². The Labute approximate surface area is 201 Å². The van der Waals surface area contributed by atoms with Gasteiger partial charge >= 0.3 is 0 Å². The molecule has 0 spiro atoms. The molecule has 0 aliphatic heterocycles. The summed E-state index contributed by atoms with van der Waals surface area (Å²) in [6, 6.07) is 48.2. The molecular weight excluding hydrogens is 426 g/mol. The van der Waals surface area contributed by atoms with E-state index in [0.717, 1.165) is 0 Å². The molecule has 0 unspecified atom stereocenters. The second-order valence-corrected chi connectivity index (χ2v) is 12.4. The molecule has 0 amide bonds. The van der Waals surface area contributed by atoms with Crippen LogP contribution in [-0.4, -0.2) is 12.6 Å². The summed E-state index contributed by atoms with van der Waals surface area (Å²) < 4.78 is 2.37. The lowest BCUT2D eigenvalue weighted by molar-refractivity contribution is 1.18. The highest BCUT2D eigenvalue weighted by molar-refractivity contribution is 7.14. The van der Waals surface area contributed by atoms with Gasteiger partial charge in [0.05, 0.1) is 11.0 Å². The van der Waals surface area contributed by atoms with E-state index in [0.29, 0.717) is 0 Å². The van der Waals surface area contributed by atoms with Crippen LogP contribution < -0.4 is 15.6 Å². The highest BCUT2D eigenvalue weighted by Crippen LogP contribution is 2.31. The Morgan fingerprint density at radius 2 is 0.882 bits per heavy atom. The third-order valence-electron chi connectivity index (χ3n) is 6.93. The van der Waals surface area contributed by atoms with Crippen molar-refractivity contribution in [1.29, 1.82) is 0 Å². The zero-order valence-corrected chi connectivity index (χ0v) is 19.9. The lowest BCUT2D eigenvalue weighted by atomic mass is 10.2. The zero-order valence-electron chi connectivity index (χ0n) is 18.9. The molecule has 5 aromatic carbocycles. The van der Waals surface area contributed by atoms with Crippen molar-refractivity contribution in [3.8, 4) is 5.69 Å². The monoisotopic (exact) mass is 451 g/mol. The largest absolute Gasteiger partial charge is 0.309 e. The Hall–Kier alpha value is -4.14. The van der Waals surface area contributed by atoms with Gasteiger partial charge in [-0.05, 0) is 39.8 Å². The van der Waals surface area contributed by atoms with E-state index in [-0.39, 0.29) is 0 Å². The Morgan fingerprint density at radius 1 is 0.471 bits per heavy atom. The third kappa shape index (κ3) is 3.07. The molecule has 34 heavy (non-hydrogen) atoms. The minimum absolute atomic E-state index is 1.18. The summed E-state index contributed by atoms with van der Waals surface area (Å²) in [6.45, 7) is 4.37. The number of aromatic nitrogens is 1. The number of benzene rings is 5. The van der Waals surface area contributed by atoms with Crippen LogP contribution in [0.3, 0.4) is 0 Å². The van der Waals surface area contributed by atoms with Crippen LogP contribution in [0.2, 0.25) is 0 Å². The van der Waals surface area contributed by atoms with Gasteiger partial charge in [0.15, 0.2) is 8.07 Å². The SMILES string of the molecule is C=C[Si](c1ccccc1)(c1ccccc1)c1ccc(-n2c3ccccc3c3ccccc32)cc1. The Balaban J connectivity index is 1.56. The maximum Gasteiger partial charge on any atom is 0.171 e. The van der Waals surface area contributed by atoms with E-state index in [9.17, 15) is 0 Å². The standard InChI is InChI=1S/C32H25NSi/c1-2-34(26-13-5-3-6-14-26,27-15-7-4-8-16-27)28-23-21-25(22-24-28)33-31-19-11-9-17-29(31)30-18-10-12-20-32(30)33/h2-24H,1H2. The summed E-state index contributed by atoms with van der Waals surface area (Å²) in [6.07, 6.45) is 0. The number of nitrogens with zero attached hydrogens (tertiary/aromatic N) is 1. The van der Waals surface area contributed by atoms with Gasteiger partial charge in [-0.2, -0.15) is 0 Å². The molecule has 162 valence electrons. The third-order valence-corrected chi connectivity index (χ3v) is 11.3. The maximum absolute atomic E-state index is 4.37. The van der Waals surface area contributed by atoms with Gasteiger partial charge in [-0.25, -0.2) is 0 Å². The number of hydrogen-bond donors (Lipinski definition) is 0. The number of para-hydroxylation sites is 2. The Bertz CT molecular complexity index is 1500. The van der Waals surface area contributed by atoms with Gasteiger partial charge in [0.2, 0.25) is 0 Å².